The van der Waals surface area contributed by atoms with Crippen molar-refractivity contribution in [3.8, 4) is 5.75 Å². The first-order valence-corrected chi connectivity index (χ1v) is 7.38. The van der Waals surface area contributed by atoms with Crippen molar-refractivity contribution in [2.45, 2.75) is 6.61 Å². The fraction of sp³-hybridized carbons (Fsp3) is 0.111. The van der Waals surface area contributed by atoms with Crippen LogP contribution in [0.25, 0.3) is 0 Å². The Morgan fingerprint density at radius 1 is 1.25 bits per heavy atom. The van der Waals surface area contributed by atoms with Crippen LogP contribution in [-0.2, 0) is 13.7 Å². The molecule has 2 aromatic heterocycles. The molecule has 6 heteroatoms. The highest BCUT2D eigenvalue weighted by Gasteiger charge is 2.11. The second kappa shape index (κ2) is 6.95. The van der Waals surface area contributed by atoms with Gasteiger partial charge in [0.05, 0.1) is 5.69 Å². The average Bonchev–Trinajstić information content (AvgIpc) is 3.01. The van der Waals surface area contributed by atoms with Crippen molar-refractivity contribution >= 4 is 11.6 Å². The van der Waals surface area contributed by atoms with Gasteiger partial charge in [0.15, 0.2) is 11.6 Å². The number of anilines is 1. The number of carbonyl (C=O) groups is 1. The smallest absolute Gasteiger partial charge is 0.272 e. The minimum atomic E-state index is -0.546. The molecule has 1 N–H and O–H groups in total. The highest BCUT2D eigenvalue weighted by Crippen LogP contribution is 2.22. The van der Waals surface area contributed by atoms with Crippen LogP contribution in [0.15, 0.2) is 60.9 Å². The van der Waals surface area contributed by atoms with E-state index in [1.165, 1.54) is 12.1 Å². The molecule has 3 rings (SSSR count). The maximum atomic E-state index is 14.1. The second-order valence-electron chi connectivity index (χ2n) is 5.21. The Kier molecular flexibility index (Phi) is 4.56. The van der Waals surface area contributed by atoms with Crippen LogP contribution in [0.4, 0.5) is 10.1 Å². The van der Waals surface area contributed by atoms with Gasteiger partial charge in [0.1, 0.15) is 12.3 Å². The lowest BCUT2D eigenvalue weighted by molar-refractivity contribution is 0.101. The molecule has 0 saturated carbocycles. The zero-order chi connectivity index (χ0) is 16.9. The van der Waals surface area contributed by atoms with Gasteiger partial charge in [0.25, 0.3) is 5.91 Å². The predicted molar refractivity (Wildman–Crippen MR) is 88.3 cm³/mol. The zero-order valence-electron chi connectivity index (χ0n) is 13.1. The summed E-state index contributed by atoms with van der Waals surface area (Å²) >= 11 is 0. The number of aromatic nitrogens is 2. The van der Waals surface area contributed by atoms with Gasteiger partial charge in [0.2, 0.25) is 0 Å². The molecule has 0 spiro atoms. The summed E-state index contributed by atoms with van der Waals surface area (Å²) in [5.74, 6) is -0.739. The lowest BCUT2D eigenvalue weighted by Crippen LogP contribution is -2.15. The van der Waals surface area contributed by atoms with E-state index in [9.17, 15) is 9.18 Å². The molecular weight excluding hydrogens is 309 g/mol. The third-order valence-electron chi connectivity index (χ3n) is 3.47. The SMILES string of the molecule is Cn1cccc1C(=O)Nc1ccc(OCc2ccccn2)c(F)c1. The second-order valence-corrected chi connectivity index (χ2v) is 5.21. The standard InChI is InChI=1S/C18H16FN3O2/c1-22-10-4-6-16(22)18(23)21-13-7-8-17(15(19)11-13)24-12-14-5-2-3-9-20-14/h2-11H,12H2,1H3,(H,21,23). The third-order valence-corrected chi connectivity index (χ3v) is 3.47. The quantitative estimate of drug-likeness (QED) is 0.782. The highest BCUT2D eigenvalue weighted by atomic mass is 19.1. The summed E-state index contributed by atoms with van der Waals surface area (Å²) in [5, 5.41) is 2.66. The molecule has 2 heterocycles. The number of rotatable bonds is 5. The Morgan fingerprint density at radius 3 is 2.79 bits per heavy atom. The van der Waals surface area contributed by atoms with Crippen LogP contribution in [0.5, 0.6) is 5.75 Å². The predicted octanol–water partition coefficient (Wildman–Crippen LogP) is 3.39. The van der Waals surface area contributed by atoms with Crippen molar-refractivity contribution in [1.82, 2.24) is 9.55 Å². The van der Waals surface area contributed by atoms with Gasteiger partial charge in [-0.25, -0.2) is 4.39 Å². The van der Waals surface area contributed by atoms with Gasteiger partial charge in [-0.1, -0.05) is 6.07 Å². The molecule has 0 unspecified atom stereocenters. The number of ether oxygens (including phenoxy) is 1. The normalized spacial score (nSPS) is 10.4. The molecular formula is C18H16FN3O2. The maximum absolute atomic E-state index is 14.1. The fourth-order valence-electron chi connectivity index (χ4n) is 2.22. The third kappa shape index (κ3) is 3.60. The number of hydrogen-bond donors (Lipinski definition) is 1. The van der Waals surface area contributed by atoms with E-state index in [2.05, 4.69) is 10.3 Å². The average molecular weight is 325 g/mol. The first-order valence-electron chi connectivity index (χ1n) is 7.38. The first-order chi connectivity index (χ1) is 11.6. The number of nitrogens with one attached hydrogen (secondary N) is 1. The molecule has 122 valence electrons. The van der Waals surface area contributed by atoms with Crippen molar-refractivity contribution in [2.24, 2.45) is 7.05 Å². The van der Waals surface area contributed by atoms with Crippen LogP contribution in [0.3, 0.4) is 0 Å². The van der Waals surface area contributed by atoms with Crippen molar-refractivity contribution in [1.29, 1.82) is 0 Å². The highest BCUT2D eigenvalue weighted by molar-refractivity contribution is 6.03. The van der Waals surface area contributed by atoms with Crippen molar-refractivity contribution < 1.29 is 13.9 Å². The van der Waals surface area contributed by atoms with Gasteiger partial charge in [-0.15, -0.1) is 0 Å². The summed E-state index contributed by atoms with van der Waals surface area (Å²) in [4.78, 5) is 16.2. The molecule has 1 amide bonds. The Bertz CT molecular complexity index is 846. The first kappa shape index (κ1) is 15.7. The number of pyridine rings is 1. The summed E-state index contributed by atoms with van der Waals surface area (Å²) in [7, 11) is 1.77. The molecule has 0 aliphatic rings. The minimum absolute atomic E-state index is 0.109. The number of amides is 1. The summed E-state index contributed by atoms with van der Waals surface area (Å²) in [6.07, 6.45) is 3.42. The topological polar surface area (TPSA) is 56.2 Å². The Morgan fingerprint density at radius 2 is 2.12 bits per heavy atom. The van der Waals surface area contributed by atoms with Gasteiger partial charge in [-0.05, 0) is 36.4 Å². The van der Waals surface area contributed by atoms with Crippen LogP contribution in [0, 0.1) is 5.82 Å². The molecule has 0 atom stereocenters. The lowest BCUT2D eigenvalue weighted by Gasteiger charge is -2.10. The largest absolute Gasteiger partial charge is 0.484 e. The Balaban J connectivity index is 1.66. The molecule has 5 nitrogen and oxygen atoms in total. The lowest BCUT2D eigenvalue weighted by atomic mass is 10.2. The molecule has 0 aliphatic heterocycles. The van der Waals surface area contributed by atoms with E-state index in [0.717, 1.165) is 0 Å². The molecule has 0 radical (unpaired) electrons. The maximum Gasteiger partial charge on any atom is 0.272 e. The Labute approximate surface area is 138 Å². The molecule has 0 fully saturated rings. The van der Waals surface area contributed by atoms with Crippen LogP contribution in [0.1, 0.15) is 16.2 Å². The van der Waals surface area contributed by atoms with Crippen LogP contribution >= 0.6 is 0 Å². The summed E-state index contributed by atoms with van der Waals surface area (Å²) in [5.41, 5.74) is 1.56. The van der Waals surface area contributed by atoms with E-state index in [-0.39, 0.29) is 18.3 Å². The van der Waals surface area contributed by atoms with Gasteiger partial charge >= 0.3 is 0 Å². The molecule has 0 bridgehead atoms. The van der Waals surface area contributed by atoms with Gasteiger partial charge in [-0.2, -0.15) is 0 Å². The molecule has 1 aromatic carbocycles. The van der Waals surface area contributed by atoms with E-state index in [0.29, 0.717) is 17.1 Å². The number of carbonyl (C=O) groups excluding carboxylic acids is 1. The molecule has 0 aliphatic carbocycles. The van der Waals surface area contributed by atoms with Crippen molar-refractivity contribution in [3.63, 3.8) is 0 Å². The van der Waals surface area contributed by atoms with Gasteiger partial charge in [0, 0.05) is 31.2 Å². The number of nitrogens with zero attached hydrogens (tertiary/aromatic N) is 2. The number of halogens is 1. The van der Waals surface area contributed by atoms with Gasteiger partial charge < -0.3 is 14.6 Å². The number of hydrogen-bond acceptors (Lipinski definition) is 3. The summed E-state index contributed by atoms with van der Waals surface area (Å²) < 4.78 is 21.2. The van der Waals surface area contributed by atoms with Crippen molar-refractivity contribution in [2.75, 3.05) is 5.32 Å². The fourth-order valence-corrected chi connectivity index (χ4v) is 2.22. The van der Waals surface area contributed by atoms with E-state index in [4.69, 9.17) is 4.74 Å². The number of aryl methyl sites for hydroxylation is 1. The van der Waals surface area contributed by atoms with E-state index < -0.39 is 5.82 Å². The van der Waals surface area contributed by atoms with Crippen molar-refractivity contribution in [3.05, 3.63) is 78.1 Å². The van der Waals surface area contributed by atoms with Gasteiger partial charge in [-0.3, -0.25) is 9.78 Å². The van der Waals surface area contributed by atoms with E-state index in [1.807, 2.05) is 6.07 Å². The zero-order valence-corrected chi connectivity index (χ0v) is 13.1. The molecule has 3 aromatic rings. The monoisotopic (exact) mass is 325 g/mol. The Hall–Kier alpha value is -3.15. The van der Waals surface area contributed by atoms with Crippen LogP contribution < -0.4 is 10.1 Å². The van der Waals surface area contributed by atoms with E-state index in [1.54, 1.807) is 54.3 Å². The minimum Gasteiger partial charge on any atom is -0.484 e. The number of benzene rings is 1. The summed E-state index contributed by atoms with van der Waals surface area (Å²) in [6.45, 7) is 0.173. The molecule has 0 saturated heterocycles. The van der Waals surface area contributed by atoms with E-state index >= 15 is 0 Å². The molecule has 24 heavy (non-hydrogen) atoms. The van der Waals surface area contributed by atoms with Crippen LogP contribution in [0.2, 0.25) is 0 Å². The summed E-state index contributed by atoms with van der Waals surface area (Å²) in [6, 6.07) is 13.2. The van der Waals surface area contributed by atoms with Crippen LogP contribution in [-0.4, -0.2) is 15.5 Å².